The summed E-state index contributed by atoms with van der Waals surface area (Å²) in [5.41, 5.74) is 2.78. The largest absolute Gasteiger partial charge is 0.507 e. The Morgan fingerprint density at radius 3 is 2.42 bits per heavy atom. The predicted molar refractivity (Wildman–Crippen MR) is 54.3 cm³/mol. The highest BCUT2D eigenvalue weighted by Crippen LogP contribution is 2.23. The highest BCUT2D eigenvalue weighted by molar-refractivity contribution is 5.67. The smallest absolute Gasteiger partial charge is 0.123 e. The Balaban J connectivity index is 0.00000121. The summed E-state index contributed by atoms with van der Waals surface area (Å²) >= 11 is 0. The van der Waals surface area contributed by atoms with Gasteiger partial charge in [-0.05, 0) is 31.1 Å². The summed E-state index contributed by atoms with van der Waals surface area (Å²) in [5.74, 6) is 0.317. The van der Waals surface area contributed by atoms with Gasteiger partial charge in [0.05, 0.1) is 0 Å². The van der Waals surface area contributed by atoms with E-state index in [2.05, 4.69) is 6.58 Å². The zero-order valence-corrected chi connectivity index (χ0v) is 6.89. The molecule has 1 aromatic rings. The number of aryl methyl sites for hydroxylation is 1. The molecule has 1 heteroatoms. The van der Waals surface area contributed by atoms with Gasteiger partial charge in [0.25, 0.3) is 0 Å². The van der Waals surface area contributed by atoms with Gasteiger partial charge in [-0.25, -0.2) is 0 Å². The molecule has 0 saturated carbocycles. The highest BCUT2D eigenvalue weighted by Gasteiger charge is 1.99. The Hall–Kier alpha value is -1.24. The summed E-state index contributed by atoms with van der Waals surface area (Å²) in [7, 11) is 0. The first-order valence-electron chi connectivity index (χ1n) is 3.57. The van der Waals surface area contributed by atoms with E-state index in [1.807, 2.05) is 26.0 Å². The third-order valence-corrected chi connectivity index (χ3v) is 1.61. The lowest BCUT2D eigenvalue weighted by Crippen LogP contribution is -1.80. The molecule has 1 nitrogen and oxygen atoms in total. The maximum Gasteiger partial charge on any atom is 0.123 e. The summed E-state index contributed by atoms with van der Waals surface area (Å²) in [6.45, 7) is 7.58. The fourth-order valence-corrected chi connectivity index (χ4v) is 1.00. The first-order chi connectivity index (χ1) is 5.11. The first kappa shape index (κ1) is 10.8. The monoisotopic (exact) mass is 164 g/mol. The summed E-state index contributed by atoms with van der Waals surface area (Å²) in [6.07, 6.45) is 0. The number of phenols is 1. The lowest BCUT2D eigenvalue weighted by atomic mass is 10.1. The van der Waals surface area contributed by atoms with Crippen LogP contribution in [-0.4, -0.2) is 5.11 Å². The SMILES string of the molecule is C.C=C(C)c1ccc(C)cc1O. The molecule has 0 radical (unpaired) electrons. The van der Waals surface area contributed by atoms with Crippen molar-refractivity contribution in [3.63, 3.8) is 0 Å². The zero-order chi connectivity index (χ0) is 8.43. The normalized spacial score (nSPS) is 8.83. The van der Waals surface area contributed by atoms with Gasteiger partial charge in [-0.15, -0.1) is 0 Å². The van der Waals surface area contributed by atoms with E-state index in [-0.39, 0.29) is 7.43 Å². The van der Waals surface area contributed by atoms with Crippen molar-refractivity contribution in [3.8, 4) is 5.75 Å². The molecule has 0 amide bonds. The second-order valence-corrected chi connectivity index (χ2v) is 2.80. The Bertz CT molecular complexity index is 287. The van der Waals surface area contributed by atoms with Gasteiger partial charge in [0.15, 0.2) is 0 Å². The van der Waals surface area contributed by atoms with Crippen LogP contribution in [0.15, 0.2) is 24.8 Å². The van der Waals surface area contributed by atoms with Gasteiger partial charge in [0.2, 0.25) is 0 Å². The maximum absolute atomic E-state index is 9.40. The summed E-state index contributed by atoms with van der Waals surface area (Å²) in [6, 6.07) is 5.58. The molecule has 0 unspecified atom stereocenters. The van der Waals surface area contributed by atoms with E-state index in [0.717, 1.165) is 16.7 Å². The number of benzene rings is 1. The first-order valence-corrected chi connectivity index (χ1v) is 3.57. The number of hydrogen-bond acceptors (Lipinski definition) is 1. The van der Waals surface area contributed by atoms with Gasteiger partial charge < -0.3 is 5.11 Å². The van der Waals surface area contributed by atoms with Crippen LogP contribution in [0.5, 0.6) is 5.75 Å². The quantitative estimate of drug-likeness (QED) is 0.674. The van der Waals surface area contributed by atoms with Crippen LogP contribution in [0.2, 0.25) is 0 Å². The van der Waals surface area contributed by atoms with E-state index >= 15 is 0 Å². The Labute approximate surface area is 74.4 Å². The minimum Gasteiger partial charge on any atom is -0.507 e. The van der Waals surface area contributed by atoms with Crippen molar-refractivity contribution >= 4 is 5.57 Å². The molecule has 0 fully saturated rings. The molecular weight excluding hydrogens is 148 g/mol. The molecule has 0 aliphatic rings. The lowest BCUT2D eigenvalue weighted by molar-refractivity contribution is 0.473. The number of aromatic hydroxyl groups is 1. The molecule has 0 spiro atoms. The van der Waals surface area contributed by atoms with E-state index in [4.69, 9.17) is 0 Å². The third kappa shape index (κ3) is 2.12. The summed E-state index contributed by atoms with van der Waals surface area (Å²) in [5, 5.41) is 9.40. The van der Waals surface area contributed by atoms with E-state index < -0.39 is 0 Å². The zero-order valence-electron chi connectivity index (χ0n) is 6.89. The molecule has 1 N–H and O–H groups in total. The maximum atomic E-state index is 9.40. The van der Waals surface area contributed by atoms with Crippen LogP contribution >= 0.6 is 0 Å². The molecule has 0 aliphatic heterocycles. The van der Waals surface area contributed by atoms with Crippen molar-refractivity contribution in [3.05, 3.63) is 35.9 Å². The second kappa shape index (κ2) is 3.96. The number of allylic oxidation sites excluding steroid dienone is 1. The van der Waals surface area contributed by atoms with Crippen molar-refractivity contribution in [2.24, 2.45) is 0 Å². The van der Waals surface area contributed by atoms with E-state index in [0.29, 0.717) is 5.75 Å². The standard InChI is InChI=1S/C10H12O.CH4/c1-7(2)9-5-4-8(3)6-10(9)11;/h4-6,11H,1H2,2-3H3;1H4. The van der Waals surface area contributed by atoms with Crippen molar-refractivity contribution in [2.75, 3.05) is 0 Å². The fraction of sp³-hybridized carbons (Fsp3) is 0.273. The van der Waals surface area contributed by atoms with Gasteiger partial charge in [-0.3, -0.25) is 0 Å². The van der Waals surface area contributed by atoms with Gasteiger partial charge in [0, 0.05) is 5.56 Å². The Morgan fingerprint density at radius 1 is 1.42 bits per heavy atom. The van der Waals surface area contributed by atoms with Crippen molar-refractivity contribution < 1.29 is 5.11 Å². The van der Waals surface area contributed by atoms with E-state index in [9.17, 15) is 5.11 Å². The number of hydrogen-bond donors (Lipinski definition) is 1. The molecule has 0 saturated heterocycles. The van der Waals surface area contributed by atoms with Gasteiger partial charge in [-0.1, -0.05) is 26.1 Å². The minimum absolute atomic E-state index is 0. The molecular formula is C11H16O. The number of rotatable bonds is 1. The van der Waals surface area contributed by atoms with Gasteiger partial charge in [-0.2, -0.15) is 0 Å². The Kier molecular flexibility index (Phi) is 3.55. The molecule has 1 aromatic carbocycles. The molecule has 1 rings (SSSR count). The van der Waals surface area contributed by atoms with Crippen LogP contribution in [0.25, 0.3) is 5.57 Å². The van der Waals surface area contributed by atoms with Crippen LogP contribution < -0.4 is 0 Å². The lowest BCUT2D eigenvalue weighted by Gasteiger charge is -2.03. The van der Waals surface area contributed by atoms with Crippen LogP contribution in [-0.2, 0) is 0 Å². The van der Waals surface area contributed by atoms with Gasteiger partial charge >= 0.3 is 0 Å². The molecule has 0 aromatic heterocycles. The van der Waals surface area contributed by atoms with Crippen molar-refractivity contribution in [1.82, 2.24) is 0 Å². The van der Waals surface area contributed by atoms with Crippen LogP contribution in [0, 0.1) is 6.92 Å². The third-order valence-electron chi connectivity index (χ3n) is 1.61. The van der Waals surface area contributed by atoms with E-state index in [1.165, 1.54) is 0 Å². The van der Waals surface area contributed by atoms with Crippen LogP contribution in [0.3, 0.4) is 0 Å². The van der Waals surface area contributed by atoms with Crippen LogP contribution in [0.4, 0.5) is 0 Å². The van der Waals surface area contributed by atoms with Crippen LogP contribution in [0.1, 0.15) is 25.5 Å². The molecule has 12 heavy (non-hydrogen) atoms. The summed E-state index contributed by atoms with van der Waals surface area (Å²) in [4.78, 5) is 0. The molecule has 66 valence electrons. The molecule has 0 aliphatic carbocycles. The average Bonchev–Trinajstić information content (AvgIpc) is 1.85. The van der Waals surface area contributed by atoms with E-state index in [1.54, 1.807) is 6.07 Å². The van der Waals surface area contributed by atoms with Crippen molar-refractivity contribution in [2.45, 2.75) is 21.3 Å². The van der Waals surface area contributed by atoms with Gasteiger partial charge in [0.1, 0.15) is 5.75 Å². The van der Waals surface area contributed by atoms with Crippen molar-refractivity contribution in [1.29, 1.82) is 0 Å². The molecule has 0 atom stereocenters. The fourth-order valence-electron chi connectivity index (χ4n) is 1.00. The molecule has 0 bridgehead atoms. The average molecular weight is 164 g/mol. The topological polar surface area (TPSA) is 20.2 Å². The number of phenolic OH excluding ortho intramolecular Hbond substituents is 1. The highest BCUT2D eigenvalue weighted by atomic mass is 16.3. The predicted octanol–water partition coefficient (Wildman–Crippen LogP) is 3.37. The second-order valence-electron chi connectivity index (χ2n) is 2.80. The summed E-state index contributed by atoms with van der Waals surface area (Å²) < 4.78 is 0. The minimum atomic E-state index is 0. The molecule has 0 heterocycles. The Morgan fingerprint density at radius 2 is 2.00 bits per heavy atom.